The molecule has 0 amide bonds. The Labute approximate surface area is 111 Å². The average Bonchev–Trinajstić information content (AvgIpc) is 2.42. The third-order valence-electron chi connectivity index (χ3n) is 2.94. The Kier molecular flexibility index (Phi) is 3.80. The summed E-state index contributed by atoms with van der Waals surface area (Å²) in [5.41, 5.74) is 0.764. The first-order chi connectivity index (χ1) is 9.13. The molecule has 4 nitrogen and oxygen atoms in total. The van der Waals surface area contributed by atoms with E-state index in [9.17, 15) is 9.59 Å². The van der Waals surface area contributed by atoms with E-state index in [0.29, 0.717) is 18.7 Å². The van der Waals surface area contributed by atoms with E-state index in [1.165, 1.54) is 9.13 Å². The van der Waals surface area contributed by atoms with E-state index in [0.717, 1.165) is 5.56 Å². The van der Waals surface area contributed by atoms with Gasteiger partial charge >= 0.3 is 11.1 Å². The second-order valence-corrected chi connectivity index (χ2v) is 4.38. The van der Waals surface area contributed by atoms with Crippen molar-refractivity contribution in [1.29, 1.82) is 0 Å². The number of aryl methyl sites for hydroxylation is 2. The molecule has 2 rings (SSSR count). The Hall–Kier alpha value is -2.36. The van der Waals surface area contributed by atoms with Crippen LogP contribution in [0.4, 0.5) is 0 Å². The fraction of sp³-hybridized carbons (Fsp3) is 0.200. The summed E-state index contributed by atoms with van der Waals surface area (Å²) in [5.74, 6) is 0. The largest absolute Gasteiger partial charge is 0.320 e. The van der Waals surface area contributed by atoms with Crippen molar-refractivity contribution in [3.8, 4) is 5.69 Å². The molecule has 0 unspecified atom stereocenters. The average molecular weight is 256 g/mol. The number of hydrogen-bond donors (Lipinski definition) is 0. The summed E-state index contributed by atoms with van der Waals surface area (Å²) in [6.07, 6.45) is 5.64. The lowest BCUT2D eigenvalue weighted by atomic mass is 10.2. The summed E-state index contributed by atoms with van der Waals surface area (Å²) in [4.78, 5) is 24.0. The van der Waals surface area contributed by atoms with Crippen LogP contribution in [0, 0.1) is 6.92 Å². The highest BCUT2D eigenvalue weighted by Crippen LogP contribution is 2.05. The molecule has 1 aromatic heterocycles. The number of hydrogen-bond acceptors (Lipinski definition) is 2. The molecule has 0 aliphatic carbocycles. The molecule has 0 saturated heterocycles. The molecular weight excluding hydrogens is 240 g/mol. The van der Waals surface area contributed by atoms with Gasteiger partial charge in [-0.25, -0.2) is 0 Å². The van der Waals surface area contributed by atoms with Gasteiger partial charge in [-0.15, -0.1) is 6.58 Å². The number of aromatic nitrogens is 2. The van der Waals surface area contributed by atoms with Crippen molar-refractivity contribution in [3.63, 3.8) is 0 Å². The number of benzene rings is 1. The predicted octanol–water partition coefficient (Wildman–Crippen LogP) is 1.88. The van der Waals surface area contributed by atoms with E-state index in [1.807, 2.05) is 31.2 Å². The van der Waals surface area contributed by atoms with Gasteiger partial charge in [-0.2, -0.15) is 0 Å². The molecule has 98 valence electrons. The van der Waals surface area contributed by atoms with Crippen molar-refractivity contribution in [2.75, 3.05) is 0 Å². The Bertz CT molecular complexity index is 693. The van der Waals surface area contributed by atoms with Gasteiger partial charge in [0.2, 0.25) is 0 Å². The van der Waals surface area contributed by atoms with Crippen LogP contribution in [-0.2, 0) is 6.54 Å². The summed E-state index contributed by atoms with van der Waals surface area (Å²) in [5, 5.41) is 0. The summed E-state index contributed by atoms with van der Waals surface area (Å²) in [7, 11) is 0. The lowest BCUT2D eigenvalue weighted by molar-refractivity contribution is 0.656. The standard InChI is InChI=1S/C15H16N2O2/c1-3-4-9-16-10-11-17(15(19)14(16)18)13-7-5-12(2)6-8-13/h3,5-8,10-11H,1,4,9H2,2H3. The molecule has 4 heteroatoms. The zero-order valence-corrected chi connectivity index (χ0v) is 10.9. The molecule has 1 heterocycles. The zero-order valence-electron chi connectivity index (χ0n) is 10.9. The molecule has 0 radical (unpaired) electrons. The molecule has 0 aliphatic heterocycles. The van der Waals surface area contributed by atoms with E-state index in [-0.39, 0.29) is 0 Å². The van der Waals surface area contributed by atoms with Gasteiger partial charge in [0, 0.05) is 24.6 Å². The molecule has 2 aromatic rings. The first-order valence-electron chi connectivity index (χ1n) is 6.13. The molecule has 0 aliphatic rings. The van der Waals surface area contributed by atoms with Crippen LogP contribution < -0.4 is 11.1 Å². The molecule has 0 spiro atoms. The SMILES string of the molecule is C=CCCn1ccn(-c2ccc(C)cc2)c(=O)c1=O. The molecular formula is C15H16N2O2. The zero-order chi connectivity index (χ0) is 13.8. The molecule has 0 bridgehead atoms. The minimum Gasteiger partial charge on any atom is -0.309 e. The number of rotatable bonds is 4. The van der Waals surface area contributed by atoms with Gasteiger partial charge in [0.25, 0.3) is 0 Å². The van der Waals surface area contributed by atoms with Crippen LogP contribution in [-0.4, -0.2) is 9.13 Å². The maximum absolute atomic E-state index is 12.0. The third-order valence-corrected chi connectivity index (χ3v) is 2.94. The Balaban J connectivity index is 2.47. The van der Waals surface area contributed by atoms with Crippen LogP contribution in [0.5, 0.6) is 0 Å². The highest BCUT2D eigenvalue weighted by atomic mass is 16.2. The fourth-order valence-corrected chi connectivity index (χ4v) is 1.82. The van der Waals surface area contributed by atoms with Gasteiger partial charge in [-0.1, -0.05) is 23.8 Å². The van der Waals surface area contributed by atoms with Gasteiger partial charge in [-0.05, 0) is 25.5 Å². The van der Waals surface area contributed by atoms with E-state index in [4.69, 9.17) is 0 Å². The van der Waals surface area contributed by atoms with Crippen LogP contribution in [0.1, 0.15) is 12.0 Å². The van der Waals surface area contributed by atoms with Crippen molar-refractivity contribution in [1.82, 2.24) is 9.13 Å². The second-order valence-electron chi connectivity index (χ2n) is 4.38. The molecule has 19 heavy (non-hydrogen) atoms. The topological polar surface area (TPSA) is 44.0 Å². The van der Waals surface area contributed by atoms with Gasteiger partial charge < -0.3 is 4.57 Å². The third kappa shape index (κ3) is 2.73. The summed E-state index contributed by atoms with van der Waals surface area (Å²) < 4.78 is 2.78. The van der Waals surface area contributed by atoms with Crippen LogP contribution in [0.2, 0.25) is 0 Å². The summed E-state index contributed by atoms with van der Waals surface area (Å²) in [6.45, 7) is 6.05. The monoisotopic (exact) mass is 256 g/mol. The first kappa shape index (κ1) is 13.1. The van der Waals surface area contributed by atoms with Crippen molar-refractivity contribution in [2.45, 2.75) is 19.9 Å². The van der Waals surface area contributed by atoms with Crippen molar-refractivity contribution in [2.24, 2.45) is 0 Å². The highest BCUT2D eigenvalue weighted by Gasteiger charge is 2.05. The highest BCUT2D eigenvalue weighted by molar-refractivity contribution is 5.34. The van der Waals surface area contributed by atoms with Crippen LogP contribution in [0.25, 0.3) is 5.69 Å². The molecule has 0 saturated carbocycles. The lowest BCUT2D eigenvalue weighted by Gasteiger charge is -2.08. The quantitative estimate of drug-likeness (QED) is 0.619. The van der Waals surface area contributed by atoms with Gasteiger partial charge in [0.1, 0.15) is 0 Å². The Morgan fingerprint density at radius 1 is 1.11 bits per heavy atom. The van der Waals surface area contributed by atoms with E-state index >= 15 is 0 Å². The maximum atomic E-state index is 12.0. The first-order valence-corrected chi connectivity index (χ1v) is 6.13. The smallest absolute Gasteiger partial charge is 0.309 e. The summed E-state index contributed by atoms with van der Waals surface area (Å²) >= 11 is 0. The van der Waals surface area contributed by atoms with E-state index < -0.39 is 11.1 Å². The van der Waals surface area contributed by atoms with Crippen molar-refractivity contribution >= 4 is 0 Å². The van der Waals surface area contributed by atoms with E-state index in [2.05, 4.69) is 6.58 Å². The molecule has 0 fully saturated rings. The van der Waals surface area contributed by atoms with Crippen molar-refractivity contribution in [3.05, 3.63) is 75.6 Å². The summed E-state index contributed by atoms with van der Waals surface area (Å²) in [6, 6.07) is 7.46. The Morgan fingerprint density at radius 2 is 1.79 bits per heavy atom. The van der Waals surface area contributed by atoms with Gasteiger partial charge in [0.15, 0.2) is 0 Å². The normalized spacial score (nSPS) is 10.4. The minimum atomic E-state index is -0.532. The van der Waals surface area contributed by atoms with Gasteiger partial charge in [-0.3, -0.25) is 14.2 Å². The molecule has 0 N–H and O–H groups in total. The van der Waals surface area contributed by atoms with Gasteiger partial charge in [0.05, 0.1) is 0 Å². The second kappa shape index (κ2) is 5.52. The molecule has 1 aromatic carbocycles. The maximum Gasteiger partial charge on any atom is 0.320 e. The van der Waals surface area contributed by atoms with Crippen LogP contribution in [0.15, 0.2) is 58.9 Å². The van der Waals surface area contributed by atoms with Crippen LogP contribution >= 0.6 is 0 Å². The minimum absolute atomic E-state index is 0.478. The number of nitrogens with zero attached hydrogens (tertiary/aromatic N) is 2. The number of allylic oxidation sites excluding steroid dienone is 1. The van der Waals surface area contributed by atoms with Crippen LogP contribution in [0.3, 0.4) is 0 Å². The predicted molar refractivity (Wildman–Crippen MR) is 75.9 cm³/mol. The Morgan fingerprint density at radius 3 is 2.42 bits per heavy atom. The van der Waals surface area contributed by atoms with E-state index in [1.54, 1.807) is 18.5 Å². The van der Waals surface area contributed by atoms with Crippen molar-refractivity contribution < 1.29 is 0 Å². The molecule has 0 atom stereocenters. The lowest BCUT2D eigenvalue weighted by Crippen LogP contribution is -2.39. The fourth-order valence-electron chi connectivity index (χ4n) is 1.82.